The number of carbonyl (C=O) groups excluding carboxylic acids is 1. The van der Waals surface area contributed by atoms with Crippen molar-refractivity contribution in [3.05, 3.63) is 35.9 Å². The summed E-state index contributed by atoms with van der Waals surface area (Å²) in [5.74, 6) is 0.770. The predicted molar refractivity (Wildman–Crippen MR) is 93.8 cm³/mol. The largest absolute Gasteiger partial charge is 0.382 e. The Bertz CT molecular complexity index is 778. The minimum atomic E-state index is -0.572. The normalized spacial score (nSPS) is 16.9. The van der Waals surface area contributed by atoms with Crippen LogP contribution in [0.5, 0.6) is 0 Å². The van der Waals surface area contributed by atoms with Crippen LogP contribution in [0.4, 0.5) is 5.82 Å². The number of oxime groups is 1. The predicted octanol–water partition coefficient (Wildman–Crippen LogP) is 3.13. The summed E-state index contributed by atoms with van der Waals surface area (Å²) in [6, 6.07) is 9.92. The first kappa shape index (κ1) is 16.2. The minimum absolute atomic E-state index is 0.194. The van der Waals surface area contributed by atoms with Crippen LogP contribution in [0.2, 0.25) is 0 Å². The fourth-order valence-corrected chi connectivity index (χ4v) is 2.75. The second-order valence-electron chi connectivity index (χ2n) is 6.34. The van der Waals surface area contributed by atoms with E-state index in [9.17, 15) is 4.79 Å². The Balaban J connectivity index is 1.77. The average molecular weight is 326 g/mol. The van der Waals surface area contributed by atoms with E-state index in [1.54, 1.807) is 4.68 Å². The van der Waals surface area contributed by atoms with Gasteiger partial charge in [-0.3, -0.25) is 9.48 Å². The van der Waals surface area contributed by atoms with Gasteiger partial charge in [-0.1, -0.05) is 49.3 Å². The van der Waals surface area contributed by atoms with E-state index < -0.39 is 6.10 Å². The van der Waals surface area contributed by atoms with Crippen molar-refractivity contribution in [2.24, 2.45) is 18.1 Å². The molecule has 1 N–H and O–H groups in total. The lowest BCUT2D eigenvalue weighted by molar-refractivity contribution is -0.125. The molecule has 1 amide bonds. The van der Waals surface area contributed by atoms with Crippen LogP contribution >= 0.6 is 0 Å². The smallest absolute Gasteiger partial charge is 0.269 e. The average Bonchev–Trinajstić information content (AvgIpc) is 3.16. The molecule has 1 aromatic heterocycles. The summed E-state index contributed by atoms with van der Waals surface area (Å²) in [4.78, 5) is 17.8. The minimum Gasteiger partial charge on any atom is -0.382 e. The van der Waals surface area contributed by atoms with Crippen LogP contribution in [0.25, 0.3) is 11.3 Å². The van der Waals surface area contributed by atoms with E-state index in [4.69, 9.17) is 4.84 Å². The molecule has 0 bridgehead atoms. The summed E-state index contributed by atoms with van der Waals surface area (Å²) in [5.41, 5.74) is 3.73. The Morgan fingerprint density at radius 2 is 2.04 bits per heavy atom. The molecule has 0 fully saturated rings. The standard InChI is InChI=1S/C18H22N4O2/c1-11(2)14-10-15(24-21-14)18(23)19-17-12(3)16(20-22(17)4)13-8-6-5-7-9-13/h5-9,11,15H,10H2,1-4H3,(H,19,23). The van der Waals surface area contributed by atoms with Crippen molar-refractivity contribution < 1.29 is 9.63 Å². The molecule has 2 aromatic rings. The van der Waals surface area contributed by atoms with Crippen LogP contribution in [-0.4, -0.2) is 27.5 Å². The van der Waals surface area contributed by atoms with Gasteiger partial charge in [0.25, 0.3) is 5.91 Å². The molecule has 0 saturated carbocycles. The summed E-state index contributed by atoms with van der Waals surface area (Å²) < 4.78 is 1.69. The number of anilines is 1. The number of amides is 1. The maximum absolute atomic E-state index is 12.5. The number of aromatic nitrogens is 2. The zero-order valence-corrected chi connectivity index (χ0v) is 14.4. The lowest BCUT2D eigenvalue weighted by Gasteiger charge is -2.10. The number of hydrogen-bond acceptors (Lipinski definition) is 4. The molecule has 1 unspecified atom stereocenters. The first-order valence-electron chi connectivity index (χ1n) is 8.09. The molecule has 3 rings (SSSR count). The molecule has 1 aromatic carbocycles. The summed E-state index contributed by atoms with van der Waals surface area (Å²) in [5, 5.41) is 11.5. The van der Waals surface area contributed by atoms with Crippen LogP contribution in [-0.2, 0) is 16.7 Å². The molecule has 24 heavy (non-hydrogen) atoms. The number of benzene rings is 1. The zero-order valence-electron chi connectivity index (χ0n) is 14.4. The Hall–Kier alpha value is -2.63. The third-order valence-corrected chi connectivity index (χ3v) is 4.22. The first-order valence-corrected chi connectivity index (χ1v) is 8.09. The van der Waals surface area contributed by atoms with Gasteiger partial charge in [-0.25, -0.2) is 0 Å². The Kier molecular flexibility index (Phi) is 4.38. The van der Waals surface area contributed by atoms with Gasteiger partial charge in [0.2, 0.25) is 6.10 Å². The highest BCUT2D eigenvalue weighted by Gasteiger charge is 2.30. The highest BCUT2D eigenvalue weighted by atomic mass is 16.6. The van der Waals surface area contributed by atoms with Gasteiger partial charge in [0, 0.05) is 24.6 Å². The second-order valence-corrected chi connectivity index (χ2v) is 6.34. The number of aryl methyl sites for hydroxylation is 1. The van der Waals surface area contributed by atoms with E-state index in [0.717, 1.165) is 22.5 Å². The molecule has 1 aliphatic heterocycles. The van der Waals surface area contributed by atoms with Crippen molar-refractivity contribution in [2.75, 3.05) is 5.32 Å². The van der Waals surface area contributed by atoms with E-state index >= 15 is 0 Å². The molecule has 0 aliphatic carbocycles. The Morgan fingerprint density at radius 1 is 1.33 bits per heavy atom. The van der Waals surface area contributed by atoms with Gasteiger partial charge in [-0.15, -0.1) is 0 Å². The van der Waals surface area contributed by atoms with Crippen LogP contribution in [0.1, 0.15) is 25.8 Å². The molecule has 1 atom stereocenters. The molecule has 0 radical (unpaired) electrons. The third-order valence-electron chi connectivity index (χ3n) is 4.22. The zero-order chi connectivity index (χ0) is 17.3. The van der Waals surface area contributed by atoms with Gasteiger partial charge in [0.05, 0.1) is 11.4 Å². The molecular formula is C18H22N4O2. The van der Waals surface area contributed by atoms with Crippen LogP contribution in [0, 0.1) is 12.8 Å². The summed E-state index contributed by atoms with van der Waals surface area (Å²) in [7, 11) is 1.82. The SMILES string of the molecule is Cc1c(-c2ccccc2)nn(C)c1NC(=O)C1CC(C(C)C)=NO1. The molecular weight excluding hydrogens is 304 g/mol. The highest BCUT2D eigenvalue weighted by Crippen LogP contribution is 2.28. The summed E-state index contributed by atoms with van der Waals surface area (Å²) in [6.45, 7) is 6.04. The fraction of sp³-hybridized carbons (Fsp3) is 0.389. The number of nitrogens with zero attached hydrogens (tertiary/aromatic N) is 3. The molecule has 1 aliphatic rings. The van der Waals surface area contributed by atoms with E-state index in [2.05, 4.69) is 15.6 Å². The Labute approximate surface area is 141 Å². The maximum atomic E-state index is 12.5. The van der Waals surface area contributed by atoms with E-state index in [1.165, 1.54) is 0 Å². The third kappa shape index (κ3) is 3.04. The number of nitrogens with one attached hydrogen (secondary N) is 1. The highest BCUT2D eigenvalue weighted by molar-refractivity contribution is 6.00. The van der Waals surface area contributed by atoms with Gasteiger partial charge in [-0.05, 0) is 12.8 Å². The fourth-order valence-electron chi connectivity index (χ4n) is 2.75. The van der Waals surface area contributed by atoms with Gasteiger partial charge in [0.1, 0.15) is 5.82 Å². The molecule has 0 saturated heterocycles. The van der Waals surface area contributed by atoms with E-state index in [1.807, 2.05) is 58.2 Å². The molecule has 6 nitrogen and oxygen atoms in total. The van der Waals surface area contributed by atoms with E-state index in [0.29, 0.717) is 12.2 Å². The molecule has 0 spiro atoms. The monoisotopic (exact) mass is 326 g/mol. The summed E-state index contributed by atoms with van der Waals surface area (Å²) >= 11 is 0. The lowest BCUT2D eigenvalue weighted by atomic mass is 10.0. The summed E-state index contributed by atoms with van der Waals surface area (Å²) in [6.07, 6.45) is -0.0387. The molecule has 6 heteroatoms. The van der Waals surface area contributed by atoms with Crippen molar-refractivity contribution >= 4 is 17.4 Å². The van der Waals surface area contributed by atoms with Gasteiger partial charge in [0.15, 0.2) is 0 Å². The van der Waals surface area contributed by atoms with Crippen LogP contribution in [0.15, 0.2) is 35.5 Å². The number of rotatable bonds is 4. The topological polar surface area (TPSA) is 68.5 Å². The quantitative estimate of drug-likeness (QED) is 0.938. The molecule has 126 valence electrons. The lowest BCUT2D eigenvalue weighted by Crippen LogP contribution is -2.29. The Morgan fingerprint density at radius 3 is 2.67 bits per heavy atom. The van der Waals surface area contributed by atoms with Crippen molar-refractivity contribution in [3.63, 3.8) is 0 Å². The first-order chi connectivity index (χ1) is 11.5. The number of hydrogen-bond donors (Lipinski definition) is 1. The van der Waals surface area contributed by atoms with Crippen molar-refractivity contribution in [3.8, 4) is 11.3 Å². The van der Waals surface area contributed by atoms with Crippen LogP contribution in [0.3, 0.4) is 0 Å². The maximum Gasteiger partial charge on any atom is 0.269 e. The van der Waals surface area contributed by atoms with Crippen LogP contribution < -0.4 is 5.32 Å². The van der Waals surface area contributed by atoms with Crippen molar-refractivity contribution in [2.45, 2.75) is 33.3 Å². The number of carbonyl (C=O) groups is 1. The van der Waals surface area contributed by atoms with Gasteiger partial charge < -0.3 is 10.2 Å². The van der Waals surface area contributed by atoms with E-state index in [-0.39, 0.29) is 11.8 Å². The van der Waals surface area contributed by atoms with Crippen molar-refractivity contribution in [1.82, 2.24) is 9.78 Å². The van der Waals surface area contributed by atoms with Gasteiger partial charge in [-0.2, -0.15) is 5.10 Å². The van der Waals surface area contributed by atoms with Crippen molar-refractivity contribution in [1.29, 1.82) is 0 Å². The molecule has 2 heterocycles. The second kappa shape index (κ2) is 6.47. The van der Waals surface area contributed by atoms with Gasteiger partial charge >= 0.3 is 0 Å².